The van der Waals surface area contributed by atoms with Gasteiger partial charge in [-0.05, 0) is 29.1 Å². The van der Waals surface area contributed by atoms with Gasteiger partial charge in [0.2, 0.25) is 0 Å². The van der Waals surface area contributed by atoms with Gasteiger partial charge in [0.05, 0.1) is 12.5 Å². The molecule has 19 heavy (non-hydrogen) atoms. The Balaban J connectivity index is 2.23. The zero-order valence-electron chi connectivity index (χ0n) is 10.5. The first kappa shape index (κ1) is 11.5. The number of aromatic nitrogens is 1. The number of nitrogens with one attached hydrogen (secondary N) is 1. The van der Waals surface area contributed by atoms with Crippen molar-refractivity contribution in [1.82, 2.24) is 4.98 Å². The van der Waals surface area contributed by atoms with E-state index in [9.17, 15) is 4.79 Å². The van der Waals surface area contributed by atoms with Crippen LogP contribution in [0.5, 0.6) is 5.75 Å². The topological polar surface area (TPSA) is 42.1 Å². The molecule has 3 rings (SSSR count). The molecular weight excluding hydrogens is 238 g/mol. The first-order valence-corrected chi connectivity index (χ1v) is 6.04. The van der Waals surface area contributed by atoms with E-state index in [1.54, 1.807) is 13.2 Å². The van der Waals surface area contributed by atoms with E-state index in [0.29, 0.717) is 11.1 Å². The molecule has 0 fully saturated rings. The minimum Gasteiger partial charge on any atom is -0.497 e. The van der Waals surface area contributed by atoms with Crippen LogP contribution in [0.15, 0.2) is 59.4 Å². The average Bonchev–Trinajstić information content (AvgIpc) is 2.48. The molecule has 0 aliphatic carbocycles. The van der Waals surface area contributed by atoms with Crippen molar-refractivity contribution in [3.05, 3.63) is 65.0 Å². The molecule has 3 aromatic rings. The minimum atomic E-state index is -0.102. The molecule has 0 unspecified atom stereocenters. The smallest absolute Gasteiger partial charge is 0.256 e. The molecule has 0 amide bonds. The molecule has 0 bridgehead atoms. The third kappa shape index (κ3) is 2.10. The lowest BCUT2D eigenvalue weighted by atomic mass is 10.1. The zero-order valence-corrected chi connectivity index (χ0v) is 10.5. The van der Waals surface area contributed by atoms with Gasteiger partial charge in [-0.15, -0.1) is 0 Å². The molecule has 3 nitrogen and oxygen atoms in total. The summed E-state index contributed by atoms with van der Waals surface area (Å²) in [6.07, 6.45) is 0. The van der Waals surface area contributed by atoms with Crippen LogP contribution < -0.4 is 10.3 Å². The van der Waals surface area contributed by atoms with Crippen LogP contribution in [0.4, 0.5) is 0 Å². The Morgan fingerprint density at radius 1 is 1.00 bits per heavy atom. The van der Waals surface area contributed by atoms with Crippen molar-refractivity contribution in [3.63, 3.8) is 0 Å². The summed E-state index contributed by atoms with van der Waals surface area (Å²) in [5, 5.41) is 1.54. The molecule has 3 heteroatoms. The maximum Gasteiger partial charge on any atom is 0.256 e. The molecule has 0 radical (unpaired) electrons. The normalized spacial score (nSPS) is 10.6. The summed E-state index contributed by atoms with van der Waals surface area (Å²) in [7, 11) is 1.59. The molecule has 0 spiro atoms. The van der Waals surface area contributed by atoms with Gasteiger partial charge in [-0.2, -0.15) is 0 Å². The predicted octanol–water partition coefficient (Wildman–Crippen LogP) is 3.20. The SMILES string of the molecule is COc1ccc2cc(-c3ccccc3)[nH]c(=O)c2c1. The minimum absolute atomic E-state index is 0.102. The van der Waals surface area contributed by atoms with Gasteiger partial charge in [0.15, 0.2) is 0 Å². The molecule has 1 N–H and O–H groups in total. The molecule has 1 heterocycles. The molecule has 0 saturated carbocycles. The number of fused-ring (bicyclic) bond motifs is 1. The summed E-state index contributed by atoms with van der Waals surface area (Å²) in [6, 6.07) is 17.3. The number of rotatable bonds is 2. The standard InChI is InChI=1S/C16H13NO2/c1-19-13-8-7-12-9-15(11-5-3-2-4-6-11)17-16(18)14(12)10-13/h2-10H,1H3,(H,17,18). The van der Waals surface area contributed by atoms with Crippen molar-refractivity contribution >= 4 is 10.8 Å². The summed E-state index contributed by atoms with van der Waals surface area (Å²) < 4.78 is 5.14. The van der Waals surface area contributed by atoms with E-state index in [0.717, 1.165) is 16.6 Å². The van der Waals surface area contributed by atoms with E-state index in [1.807, 2.05) is 48.5 Å². The van der Waals surface area contributed by atoms with Crippen molar-refractivity contribution in [2.45, 2.75) is 0 Å². The highest BCUT2D eigenvalue weighted by atomic mass is 16.5. The van der Waals surface area contributed by atoms with E-state index in [1.165, 1.54) is 0 Å². The Kier molecular flexibility index (Phi) is 2.80. The Labute approximate surface area is 110 Å². The average molecular weight is 251 g/mol. The predicted molar refractivity (Wildman–Crippen MR) is 76.6 cm³/mol. The quantitative estimate of drug-likeness (QED) is 0.760. The van der Waals surface area contributed by atoms with Crippen molar-refractivity contribution in [2.75, 3.05) is 7.11 Å². The number of pyridine rings is 1. The van der Waals surface area contributed by atoms with Gasteiger partial charge < -0.3 is 9.72 Å². The van der Waals surface area contributed by atoms with Gasteiger partial charge in [0.1, 0.15) is 5.75 Å². The second-order valence-electron chi connectivity index (χ2n) is 4.33. The third-order valence-electron chi connectivity index (χ3n) is 3.14. The van der Waals surface area contributed by atoms with E-state index in [4.69, 9.17) is 4.74 Å². The number of methoxy groups -OCH3 is 1. The van der Waals surface area contributed by atoms with Crippen molar-refractivity contribution in [3.8, 4) is 17.0 Å². The van der Waals surface area contributed by atoms with Gasteiger partial charge in [-0.3, -0.25) is 4.79 Å². The number of hydrogen-bond donors (Lipinski definition) is 1. The lowest BCUT2D eigenvalue weighted by Gasteiger charge is -2.05. The van der Waals surface area contributed by atoms with Crippen LogP contribution in [0.1, 0.15) is 0 Å². The van der Waals surface area contributed by atoms with E-state index in [2.05, 4.69) is 4.98 Å². The fraction of sp³-hybridized carbons (Fsp3) is 0.0625. The van der Waals surface area contributed by atoms with Crippen LogP contribution in [0, 0.1) is 0 Å². The first-order chi connectivity index (χ1) is 9.28. The fourth-order valence-electron chi connectivity index (χ4n) is 2.14. The van der Waals surface area contributed by atoms with Crippen molar-refractivity contribution < 1.29 is 4.74 Å². The van der Waals surface area contributed by atoms with Crippen LogP contribution >= 0.6 is 0 Å². The van der Waals surface area contributed by atoms with Crippen LogP contribution in [0.2, 0.25) is 0 Å². The van der Waals surface area contributed by atoms with Crippen molar-refractivity contribution in [2.24, 2.45) is 0 Å². The number of ether oxygens (including phenoxy) is 1. The molecule has 94 valence electrons. The van der Waals surface area contributed by atoms with E-state index < -0.39 is 0 Å². The maximum atomic E-state index is 12.1. The molecule has 0 atom stereocenters. The number of H-pyrrole nitrogens is 1. The molecular formula is C16H13NO2. The highest BCUT2D eigenvalue weighted by Gasteiger charge is 2.05. The lowest BCUT2D eigenvalue weighted by Crippen LogP contribution is -2.07. The molecule has 0 saturated heterocycles. The van der Waals surface area contributed by atoms with E-state index >= 15 is 0 Å². The summed E-state index contributed by atoms with van der Waals surface area (Å²) in [5.41, 5.74) is 1.72. The Morgan fingerprint density at radius 3 is 2.53 bits per heavy atom. The zero-order chi connectivity index (χ0) is 13.2. The van der Waals surface area contributed by atoms with Gasteiger partial charge in [-0.25, -0.2) is 0 Å². The Bertz CT molecular complexity index is 776. The lowest BCUT2D eigenvalue weighted by molar-refractivity contribution is 0.415. The van der Waals surface area contributed by atoms with Crippen LogP contribution in [0.25, 0.3) is 22.0 Å². The van der Waals surface area contributed by atoms with Gasteiger partial charge in [0, 0.05) is 5.69 Å². The first-order valence-electron chi connectivity index (χ1n) is 6.04. The molecule has 2 aromatic carbocycles. The molecule has 0 aliphatic heterocycles. The van der Waals surface area contributed by atoms with Gasteiger partial charge >= 0.3 is 0 Å². The van der Waals surface area contributed by atoms with Crippen molar-refractivity contribution in [1.29, 1.82) is 0 Å². The number of benzene rings is 2. The second-order valence-corrected chi connectivity index (χ2v) is 4.33. The maximum absolute atomic E-state index is 12.1. The third-order valence-corrected chi connectivity index (χ3v) is 3.14. The summed E-state index contributed by atoms with van der Waals surface area (Å²) in [4.78, 5) is 15.0. The highest BCUT2D eigenvalue weighted by molar-refractivity contribution is 5.86. The summed E-state index contributed by atoms with van der Waals surface area (Å²) >= 11 is 0. The number of hydrogen-bond acceptors (Lipinski definition) is 2. The Morgan fingerprint density at radius 2 is 1.79 bits per heavy atom. The number of aromatic amines is 1. The van der Waals surface area contributed by atoms with Crippen LogP contribution in [-0.2, 0) is 0 Å². The molecule has 1 aromatic heterocycles. The second kappa shape index (κ2) is 4.61. The highest BCUT2D eigenvalue weighted by Crippen LogP contribution is 2.22. The van der Waals surface area contributed by atoms with Crippen LogP contribution in [0.3, 0.4) is 0 Å². The van der Waals surface area contributed by atoms with Gasteiger partial charge in [-0.1, -0.05) is 36.4 Å². The summed E-state index contributed by atoms with van der Waals surface area (Å²) in [5.74, 6) is 0.686. The van der Waals surface area contributed by atoms with Crippen LogP contribution in [-0.4, -0.2) is 12.1 Å². The monoisotopic (exact) mass is 251 g/mol. The van der Waals surface area contributed by atoms with Gasteiger partial charge in [0.25, 0.3) is 5.56 Å². The Hall–Kier alpha value is -2.55. The largest absolute Gasteiger partial charge is 0.497 e. The van der Waals surface area contributed by atoms with E-state index in [-0.39, 0.29) is 5.56 Å². The molecule has 0 aliphatic rings. The summed E-state index contributed by atoms with van der Waals surface area (Å²) in [6.45, 7) is 0. The fourth-order valence-corrected chi connectivity index (χ4v) is 2.14.